The van der Waals surface area contributed by atoms with Crippen LogP contribution in [0.4, 0.5) is 11.5 Å². The number of carbonyl (C=O) groups excluding carboxylic acids is 1. The molecule has 1 aromatic heterocycles. The molecular weight excluding hydrogens is 260 g/mol. The number of nitro groups is 1. The smallest absolute Gasteiger partial charge is 0.363 e. The van der Waals surface area contributed by atoms with Crippen LogP contribution in [0.5, 0.6) is 0 Å². The Labute approximate surface area is 116 Å². The van der Waals surface area contributed by atoms with Crippen LogP contribution in [-0.2, 0) is 4.79 Å². The van der Waals surface area contributed by atoms with E-state index in [9.17, 15) is 14.9 Å². The zero-order valence-electron chi connectivity index (χ0n) is 11.1. The quantitative estimate of drug-likeness (QED) is 0.609. The summed E-state index contributed by atoms with van der Waals surface area (Å²) < 4.78 is 0. The number of hydrogen-bond donors (Lipinski definition) is 0. The highest BCUT2D eigenvalue weighted by molar-refractivity contribution is 5.81. The van der Waals surface area contributed by atoms with Crippen molar-refractivity contribution in [3.8, 4) is 0 Å². The molecule has 0 unspecified atom stereocenters. The van der Waals surface area contributed by atoms with Crippen molar-refractivity contribution in [1.82, 2.24) is 9.88 Å². The lowest BCUT2D eigenvalue weighted by molar-refractivity contribution is -0.389. The number of carbonyl (C=O) groups is 1. The lowest BCUT2D eigenvalue weighted by Crippen LogP contribution is -2.49. The zero-order chi connectivity index (χ0) is 14.1. The van der Waals surface area contributed by atoms with Crippen molar-refractivity contribution in [1.29, 1.82) is 0 Å². The van der Waals surface area contributed by atoms with Gasteiger partial charge in [0, 0.05) is 38.2 Å². The van der Waals surface area contributed by atoms with Crippen molar-refractivity contribution in [2.24, 2.45) is 5.92 Å². The molecule has 1 aliphatic heterocycles. The molecule has 7 heteroatoms. The van der Waals surface area contributed by atoms with Gasteiger partial charge in [0.1, 0.15) is 0 Å². The summed E-state index contributed by atoms with van der Waals surface area (Å²) in [5, 5.41) is 10.6. The monoisotopic (exact) mass is 276 g/mol. The van der Waals surface area contributed by atoms with Gasteiger partial charge < -0.3 is 19.9 Å². The van der Waals surface area contributed by atoms with Crippen molar-refractivity contribution in [3.63, 3.8) is 0 Å². The average molecular weight is 276 g/mol. The maximum atomic E-state index is 11.9. The van der Waals surface area contributed by atoms with E-state index in [1.165, 1.54) is 12.3 Å². The fraction of sp³-hybridized carbons (Fsp3) is 0.538. The fourth-order valence-electron chi connectivity index (χ4n) is 2.45. The number of pyridine rings is 1. The van der Waals surface area contributed by atoms with Crippen LogP contribution in [0.3, 0.4) is 0 Å². The summed E-state index contributed by atoms with van der Waals surface area (Å²) in [7, 11) is 0. The molecule has 0 spiro atoms. The highest BCUT2D eigenvalue weighted by Crippen LogP contribution is 2.31. The van der Waals surface area contributed by atoms with Crippen molar-refractivity contribution in [3.05, 3.63) is 28.4 Å². The predicted molar refractivity (Wildman–Crippen MR) is 72.4 cm³/mol. The summed E-state index contributed by atoms with van der Waals surface area (Å²) in [6.07, 6.45) is 3.59. The first-order chi connectivity index (χ1) is 9.65. The molecule has 1 saturated carbocycles. The fourth-order valence-corrected chi connectivity index (χ4v) is 2.45. The van der Waals surface area contributed by atoms with Gasteiger partial charge in [-0.05, 0) is 28.8 Å². The van der Waals surface area contributed by atoms with Gasteiger partial charge >= 0.3 is 5.82 Å². The highest BCUT2D eigenvalue weighted by atomic mass is 16.6. The second-order valence-electron chi connectivity index (χ2n) is 5.22. The van der Waals surface area contributed by atoms with Gasteiger partial charge in [-0.2, -0.15) is 0 Å². The number of hydrogen-bond acceptors (Lipinski definition) is 5. The second-order valence-corrected chi connectivity index (χ2v) is 5.22. The van der Waals surface area contributed by atoms with Gasteiger partial charge in [0.25, 0.3) is 0 Å². The molecule has 1 aromatic rings. The zero-order valence-corrected chi connectivity index (χ0v) is 11.1. The molecule has 0 aromatic carbocycles. The van der Waals surface area contributed by atoms with Crippen LogP contribution < -0.4 is 4.90 Å². The largest absolute Gasteiger partial charge is 0.365 e. The summed E-state index contributed by atoms with van der Waals surface area (Å²) >= 11 is 0. The van der Waals surface area contributed by atoms with Gasteiger partial charge in [-0.1, -0.05) is 0 Å². The molecule has 20 heavy (non-hydrogen) atoms. The Kier molecular flexibility index (Phi) is 3.25. The van der Waals surface area contributed by atoms with Crippen LogP contribution in [0.2, 0.25) is 0 Å². The minimum atomic E-state index is -0.504. The van der Waals surface area contributed by atoms with Crippen LogP contribution in [0, 0.1) is 16.0 Å². The minimum Gasteiger partial charge on any atom is -0.365 e. The Bertz CT molecular complexity index is 519. The molecule has 7 nitrogen and oxygen atoms in total. The Morgan fingerprint density at radius 2 is 1.95 bits per heavy atom. The molecule has 1 aliphatic carbocycles. The van der Waals surface area contributed by atoms with E-state index in [0.717, 1.165) is 31.6 Å². The number of anilines is 1. The molecule has 2 heterocycles. The van der Waals surface area contributed by atoms with Crippen LogP contribution >= 0.6 is 0 Å². The second kappa shape index (κ2) is 5.07. The van der Waals surface area contributed by atoms with Crippen LogP contribution in [0.25, 0.3) is 0 Å². The minimum absolute atomic E-state index is 0.142. The Hall–Kier alpha value is -2.18. The Morgan fingerprint density at radius 3 is 2.45 bits per heavy atom. The molecule has 3 rings (SSSR count). The number of amides is 1. The van der Waals surface area contributed by atoms with Crippen LogP contribution in [0.1, 0.15) is 12.8 Å². The van der Waals surface area contributed by atoms with Crippen LogP contribution in [0.15, 0.2) is 18.3 Å². The molecule has 0 bridgehead atoms. The normalized spacial score (nSPS) is 19.0. The maximum Gasteiger partial charge on any atom is 0.363 e. The third-order valence-electron chi connectivity index (χ3n) is 3.80. The first-order valence-electron chi connectivity index (χ1n) is 6.79. The van der Waals surface area contributed by atoms with Gasteiger partial charge in [0.05, 0.1) is 5.69 Å². The SMILES string of the molecule is O=C(C1CC1)N1CCN(c2ccc([N+](=O)[O-])nc2)CC1. The van der Waals surface area contributed by atoms with E-state index in [0.29, 0.717) is 13.1 Å². The lowest BCUT2D eigenvalue weighted by atomic mass is 10.2. The van der Waals surface area contributed by atoms with E-state index < -0.39 is 4.92 Å². The topological polar surface area (TPSA) is 79.6 Å². The highest BCUT2D eigenvalue weighted by Gasteiger charge is 2.34. The summed E-state index contributed by atoms with van der Waals surface area (Å²) in [5.74, 6) is 0.408. The average Bonchev–Trinajstić information content (AvgIpc) is 3.31. The standard InChI is InChI=1S/C13H16N4O3/c18-13(10-1-2-10)16-7-5-15(6-8-16)11-3-4-12(14-9-11)17(19)20/h3-4,9-10H,1-2,5-8H2. The van der Waals surface area contributed by atoms with Gasteiger partial charge in [-0.15, -0.1) is 0 Å². The van der Waals surface area contributed by atoms with Crippen LogP contribution in [-0.4, -0.2) is 46.9 Å². The van der Waals surface area contributed by atoms with Gasteiger partial charge in [0.2, 0.25) is 5.91 Å². The van der Waals surface area contributed by atoms with Gasteiger partial charge in [-0.25, -0.2) is 0 Å². The van der Waals surface area contributed by atoms with E-state index in [1.54, 1.807) is 6.07 Å². The lowest BCUT2D eigenvalue weighted by Gasteiger charge is -2.35. The number of nitrogens with zero attached hydrogens (tertiary/aromatic N) is 4. The van der Waals surface area contributed by atoms with Crippen molar-refractivity contribution < 1.29 is 9.72 Å². The van der Waals surface area contributed by atoms with E-state index in [2.05, 4.69) is 9.88 Å². The molecule has 0 N–H and O–H groups in total. The maximum absolute atomic E-state index is 11.9. The van der Waals surface area contributed by atoms with E-state index >= 15 is 0 Å². The molecule has 2 aliphatic rings. The third kappa shape index (κ3) is 2.56. The number of piperazine rings is 1. The van der Waals surface area contributed by atoms with Gasteiger partial charge in [-0.3, -0.25) is 4.79 Å². The van der Waals surface area contributed by atoms with Crippen molar-refractivity contribution in [2.75, 3.05) is 31.1 Å². The molecule has 1 amide bonds. The summed E-state index contributed by atoms with van der Waals surface area (Å²) in [4.78, 5) is 29.9. The molecule has 106 valence electrons. The summed E-state index contributed by atoms with van der Waals surface area (Å²) in [5.41, 5.74) is 0.870. The predicted octanol–water partition coefficient (Wildman–Crippen LogP) is 1.05. The van der Waals surface area contributed by atoms with E-state index in [-0.39, 0.29) is 17.6 Å². The van der Waals surface area contributed by atoms with Gasteiger partial charge in [0.15, 0.2) is 6.20 Å². The molecular formula is C13H16N4O3. The molecule has 1 saturated heterocycles. The number of aromatic nitrogens is 1. The van der Waals surface area contributed by atoms with E-state index in [1.807, 2.05) is 4.90 Å². The Morgan fingerprint density at radius 1 is 1.25 bits per heavy atom. The van der Waals surface area contributed by atoms with Crippen molar-refractivity contribution in [2.45, 2.75) is 12.8 Å². The number of rotatable bonds is 3. The summed E-state index contributed by atoms with van der Waals surface area (Å²) in [6.45, 7) is 2.93. The third-order valence-corrected chi connectivity index (χ3v) is 3.80. The molecule has 0 radical (unpaired) electrons. The van der Waals surface area contributed by atoms with Crippen molar-refractivity contribution >= 4 is 17.4 Å². The van der Waals surface area contributed by atoms with E-state index in [4.69, 9.17) is 0 Å². The summed E-state index contributed by atoms with van der Waals surface area (Å²) in [6, 6.07) is 3.13. The first kappa shape index (κ1) is 12.8. The Balaban J connectivity index is 1.59. The first-order valence-corrected chi connectivity index (χ1v) is 6.79. The molecule has 0 atom stereocenters. The molecule has 2 fully saturated rings.